The Kier molecular flexibility index (Phi) is 3.51. The summed E-state index contributed by atoms with van der Waals surface area (Å²) in [4.78, 5) is 14.7. The number of fused-ring (bicyclic) bond motifs is 1. The first kappa shape index (κ1) is 13.3. The molecule has 102 valence electrons. The van der Waals surface area contributed by atoms with Crippen LogP contribution in [0.5, 0.6) is 0 Å². The van der Waals surface area contributed by atoms with Gasteiger partial charge in [0.2, 0.25) is 0 Å². The number of halogens is 2. The fraction of sp³-hybridized carbons (Fsp3) is 0.500. The van der Waals surface area contributed by atoms with Crippen LogP contribution < -0.4 is 5.32 Å². The van der Waals surface area contributed by atoms with Gasteiger partial charge < -0.3 is 10.2 Å². The van der Waals surface area contributed by atoms with E-state index in [2.05, 4.69) is 12.2 Å². The van der Waals surface area contributed by atoms with Crippen molar-refractivity contribution in [2.75, 3.05) is 13.1 Å². The highest BCUT2D eigenvalue weighted by Crippen LogP contribution is 2.34. The lowest BCUT2D eigenvalue weighted by Gasteiger charge is -2.28. The third-order valence-electron chi connectivity index (χ3n) is 4.18. The van der Waals surface area contributed by atoms with Crippen LogP contribution in [0.25, 0.3) is 0 Å². The minimum Gasteiger partial charge on any atom is -0.331 e. The van der Waals surface area contributed by atoms with Crippen molar-refractivity contribution in [1.82, 2.24) is 10.2 Å². The second-order valence-corrected chi connectivity index (χ2v) is 6.57. The number of hydrogen-bond donors (Lipinski definition) is 1. The Hall–Kier alpha value is -0.690. The van der Waals surface area contributed by atoms with E-state index in [1.165, 1.54) is 12.1 Å². The highest BCUT2D eigenvalue weighted by atomic mass is 127. The summed E-state index contributed by atoms with van der Waals surface area (Å²) < 4.78 is 13.8. The molecular formula is C14H16FIN2O. The summed E-state index contributed by atoms with van der Waals surface area (Å²) in [5.41, 5.74) is 0.612. The average Bonchev–Trinajstić information content (AvgIpc) is 2.87. The smallest absolute Gasteiger partial charge is 0.255 e. The van der Waals surface area contributed by atoms with Crippen molar-refractivity contribution < 1.29 is 9.18 Å². The molecule has 2 heterocycles. The fourth-order valence-electron chi connectivity index (χ4n) is 3.32. The van der Waals surface area contributed by atoms with Gasteiger partial charge in [0.05, 0.1) is 5.56 Å². The number of benzene rings is 1. The molecule has 1 aromatic rings. The monoisotopic (exact) mass is 374 g/mol. The Bertz CT molecular complexity index is 522. The quantitative estimate of drug-likeness (QED) is 0.765. The van der Waals surface area contributed by atoms with Crippen molar-refractivity contribution in [1.29, 1.82) is 0 Å². The molecular weight excluding hydrogens is 358 g/mol. The first-order valence-corrected chi connectivity index (χ1v) is 7.64. The number of carbonyl (C=O) groups excluding carboxylic acids is 1. The molecule has 0 spiro atoms. The van der Waals surface area contributed by atoms with Crippen LogP contribution in [0.2, 0.25) is 0 Å². The standard InChI is InChI=1S/C14H16FIN2O/c1-8-4-9-6-17-7-13(9)18(8)14(19)11-3-2-10(15)5-12(11)16/h2-3,5,8-9,13,17H,4,6-7H2,1H3. The molecule has 1 amide bonds. The van der Waals surface area contributed by atoms with Gasteiger partial charge in [-0.2, -0.15) is 0 Å². The van der Waals surface area contributed by atoms with E-state index < -0.39 is 0 Å². The van der Waals surface area contributed by atoms with E-state index in [1.807, 2.05) is 27.5 Å². The third-order valence-corrected chi connectivity index (χ3v) is 5.07. The number of nitrogens with zero attached hydrogens (tertiary/aromatic N) is 1. The Labute approximate surface area is 125 Å². The number of carbonyl (C=O) groups is 1. The molecule has 1 aromatic carbocycles. The zero-order valence-electron chi connectivity index (χ0n) is 10.7. The summed E-state index contributed by atoms with van der Waals surface area (Å²) in [6.07, 6.45) is 1.06. The number of rotatable bonds is 1. The van der Waals surface area contributed by atoms with Crippen LogP contribution in [-0.4, -0.2) is 36.0 Å². The Morgan fingerprint density at radius 2 is 2.26 bits per heavy atom. The van der Waals surface area contributed by atoms with E-state index in [0.717, 1.165) is 19.5 Å². The van der Waals surface area contributed by atoms with Gasteiger partial charge in [-0.25, -0.2) is 4.39 Å². The number of amides is 1. The van der Waals surface area contributed by atoms with Crippen LogP contribution in [0.1, 0.15) is 23.7 Å². The molecule has 0 saturated carbocycles. The second kappa shape index (κ2) is 5.01. The van der Waals surface area contributed by atoms with Crippen LogP contribution in [0.15, 0.2) is 18.2 Å². The van der Waals surface area contributed by atoms with Gasteiger partial charge >= 0.3 is 0 Å². The van der Waals surface area contributed by atoms with Crippen LogP contribution in [0, 0.1) is 15.3 Å². The lowest BCUT2D eigenvalue weighted by Crippen LogP contribution is -2.43. The third kappa shape index (κ3) is 2.27. The zero-order chi connectivity index (χ0) is 13.6. The zero-order valence-corrected chi connectivity index (χ0v) is 12.9. The fourth-order valence-corrected chi connectivity index (χ4v) is 4.02. The Morgan fingerprint density at radius 1 is 1.47 bits per heavy atom. The molecule has 5 heteroatoms. The highest BCUT2D eigenvalue weighted by Gasteiger charge is 2.44. The molecule has 2 aliphatic heterocycles. The summed E-state index contributed by atoms with van der Waals surface area (Å²) in [5.74, 6) is 0.306. The Balaban J connectivity index is 1.90. The first-order valence-electron chi connectivity index (χ1n) is 6.56. The summed E-state index contributed by atoms with van der Waals surface area (Å²) in [6.45, 7) is 3.98. The van der Waals surface area contributed by atoms with Crippen molar-refractivity contribution in [3.63, 3.8) is 0 Å². The van der Waals surface area contributed by atoms with Gasteiger partial charge in [0.25, 0.3) is 5.91 Å². The SMILES string of the molecule is CC1CC2CNCC2N1C(=O)c1ccc(F)cc1I. The van der Waals surface area contributed by atoms with E-state index >= 15 is 0 Å². The molecule has 0 bridgehead atoms. The van der Waals surface area contributed by atoms with Crippen LogP contribution >= 0.6 is 22.6 Å². The van der Waals surface area contributed by atoms with Gasteiger partial charge in [-0.3, -0.25) is 4.79 Å². The normalized spacial score (nSPS) is 29.6. The summed E-state index contributed by atoms with van der Waals surface area (Å²) in [7, 11) is 0. The summed E-state index contributed by atoms with van der Waals surface area (Å²) in [6, 6.07) is 4.94. The van der Waals surface area contributed by atoms with E-state index in [1.54, 1.807) is 6.07 Å². The largest absolute Gasteiger partial charge is 0.331 e. The highest BCUT2D eigenvalue weighted by molar-refractivity contribution is 14.1. The molecule has 3 nitrogen and oxygen atoms in total. The number of nitrogens with one attached hydrogen (secondary N) is 1. The Morgan fingerprint density at radius 3 is 3.00 bits per heavy atom. The van der Waals surface area contributed by atoms with Crippen molar-refractivity contribution >= 4 is 28.5 Å². The molecule has 0 aliphatic carbocycles. The van der Waals surface area contributed by atoms with Crippen molar-refractivity contribution in [2.24, 2.45) is 5.92 Å². The molecule has 2 fully saturated rings. The lowest BCUT2D eigenvalue weighted by atomic mass is 10.0. The maximum Gasteiger partial charge on any atom is 0.255 e. The summed E-state index contributed by atoms with van der Waals surface area (Å²) >= 11 is 2.03. The molecule has 3 atom stereocenters. The van der Waals surface area contributed by atoms with Crippen LogP contribution in [0.4, 0.5) is 4.39 Å². The van der Waals surface area contributed by atoms with Gasteiger partial charge in [-0.15, -0.1) is 0 Å². The predicted molar refractivity (Wildman–Crippen MR) is 79.5 cm³/mol. The van der Waals surface area contributed by atoms with E-state index in [0.29, 0.717) is 21.1 Å². The van der Waals surface area contributed by atoms with E-state index in [4.69, 9.17) is 0 Å². The van der Waals surface area contributed by atoms with Gasteiger partial charge in [0, 0.05) is 28.7 Å². The molecule has 0 radical (unpaired) electrons. The van der Waals surface area contributed by atoms with Crippen molar-refractivity contribution in [3.05, 3.63) is 33.1 Å². The van der Waals surface area contributed by atoms with Gasteiger partial charge in [0.15, 0.2) is 0 Å². The minimum atomic E-state index is -0.296. The first-order chi connectivity index (χ1) is 9.08. The lowest BCUT2D eigenvalue weighted by molar-refractivity contribution is 0.0681. The van der Waals surface area contributed by atoms with Gasteiger partial charge in [0.1, 0.15) is 5.82 Å². The van der Waals surface area contributed by atoms with Crippen LogP contribution in [-0.2, 0) is 0 Å². The molecule has 2 saturated heterocycles. The topological polar surface area (TPSA) is 32.3 Å². The minimum absolute atomic E-state index is 0.0353. The molecule has 3 rings (SSSR count). The number of likely N-dealkylation sites (tertiary alicyclic amines) is 1. The van der Waals surface area contributed by atoms with E-state index in [9.17, 15) is 9.18 Å². The molecule has 0 aromatic heterocycles. The predicted octanol–water partition coefficient (Wildman–Crippen LogP) is 2.25. The summed E-state index contributed by atoms with van der Waals surface area (Å²) in [5, 5.41) is 3.35. The van der Waals surface area contributed by atoms with Crippen LogP contribution in [0.3, 0.4) is 0 Å². The van der Waals surface area contributed by atoms with Crippen molar-refractivity contribution in [3.8, 4) is 0 Å². The average molecular weight is 374 g/mol. The second-order valence-electron chi connectivity index (χ2n) is 5.41. The van der Waals surface area contributed by atoms with E-state index in [-0.39, 0.29) is 17.8 Å². The van der Waals surface area contributed by atoms with Gasteiger partial charge in [-0.05, 0) is 60.1 Å². The molecule has 2 aliphatic rings. The molecule has 3 unspecified atom stereocenters. The molecule has 1 N–H and O–H groups in total. The maximum atomic E-state index is 13.1. The maximum absolute atomic E-state index is 13.1. The molecule has 19 heavy (non-hydrogen) atoms. The van der Waals surface area contributed by atoms with Crippen molar-refractivity contribution in [2.45, 2.75) is 25.4 Å². The van der Waals surface area contributed by atoms with Gasteiger partial charge in [-0.1, -0.05) is 0 Å². The number of hydrogen-bond acceptors (Lipinski definition) is 2.